The summed E-state index contributed by atoms with van der Waals surface area (Å²) in [5.74, 6) is 0. The van der Waals surface area contributed by atoms with E-state index in [9.17, 15) is 52.7 Å². The van der Waals surface area contributed by atoms with Gasteiger partial charge < -0.3 is 0 Å². The second kappa shape index (κ2) is 10.7. The summed E-state index contributed by atoms with van der Waals surface area (Å²) >= 11 is 0. The highest BCUT2D eigenvalue weighted by Crippen LogP contribution is 2.33. The van der Waals surface area contributed by atoms with E-state index in [1.807, 2.05) is 0 Å². The lowest BCUT2D eigenvalue weighted by Gasteiger charge is -2.44. The molecule has 0 spiro atoms. The maximum atomic E-state index is 13.4. The highest BCUT2D eigenvalue weighted by molar-refractivity contribution is 7.11. The van der Waals surface area contributed by atoms with E-state index in [-0.39, 0.29) is 28.3 Å². The number of hydrogen-bond acceptors (Lipinski definition) is 0. The van der Waals surface area contributed by atoms with Gasteiger partial charge in [0.15, 0.2) is 0 Å². The molecule has 4 rings (SSSR count). The summed E-state index contributed by atoms with van der Waals surface area (Å²) in [4.78, 5) is 0. The van der Waals surface area contributed by atoms with Crippen LogP contribution in [0, 0.1) is 0 Å². The van der Waals surface area contributed by atoms with Gasteiger partial charge >= 0.3 is 24.7 Å². The molecular weight excluding hydrogens is 587 g/mol. The van der Waals surface area contributed by atoms with Crippen molar-refractivity contribution in [3.05, 3.63) is 125 Å². The normalized spacial score (nSPS) is 13.3. The fraction of sp³-hybridized carbons (Fsp3) is 0.172. The molecule has 0 aliphatic rings. The zero-order chi connectivity index (χ0) is 31.1. The Labute approximate surface area is 231 Å². The molecule has 13 heteroatoms. The number of hydrogen-bond donors (Lipinski definition) is 0. The minimum absolute atomic E-state index is 0.113. The highest BCUT2D eigenvalue weighted by Gasteiger charge is 2.37. The van der Waals surface area contributed by atoms with E-state index in [1.54, 1.807) is 0 Å². The largest absolute Gasteiger partial charge is 0.416 e. The molecule has 0 N–H and O–H groups in total. The molecule has 0 aliphatic heterocycles. The van der Waals surface area contributed by atoms with Crippen molar-refractivity contribution in [2.45, 2.75) is 31.0 Å². The van der Waals surface area contributed by atoms with Gasteiger partial charge in [0.1, 0.15) is 0 Å². The quantitative estimate of drug-likeness (QED) is 0.160. The second-order valence-electron chi connectivity index (χ2n) is 9.80. The standard InChI is InChI=1S/C29H18BF12/c31-26(32,33)19-3-1-18(2-4-19)17-30(23-11-5-20(6-12-23)27(34,35)36,24-13-7-21(8-14-24)28(37,38)39)25-15-9-22(10-16-25)29(40,41)42/h1-16H,17H2/q-1. The molecule has 0 aromatic heterocycles. The molecule has 0 aliphatic carbocycles. The van der Waals surface area contributed by atoms with Gasteiger partial charge in [-0.2, -0.15) is 69.1 Å². The van der Waals surface area contributed by atoms with Gasteiger partial charge in [0.2, 0.25) is 0 Å². The molecule has 4 aromatic rings. The topological polar surface area (TPSA) is 0 Å². The van der Waals surface area contributed by atoms with E-state index < -0.39 is 53.1 Å². The number of halogens is 12. The van der Waals surface area contributed by atoms with Crippen LogP contribution in [0.25, 0.3) is 0 Å². The molecule has 0 atom stereocenters. The molecule has 0 nitrogen and oxygen atoms in total. The summed E-state index contributed by atoms with van der Waals surface area (Å²) in [5, 5.41) is 0. The lowest BCUT2D eigenvalue weighted by Crippen LogP contribution is -2.69. The van der Waals surface area contributed by atoms with Gasteiger partial charge in [-0.3, -0.25) is 0 Å². The Hall–Kier alpha value is -3.90. The van der Waals surface area contributed by atoms with Crippen molar-refractivity contribution in [3.63, 3.8) is 0 Å². The van der Waals surface area contributed by atoms with E-state index in [0.717, 1.165) is 97.1 Å². The molecule has 0 saturated heterocycles. The van der Waals surface area contributed by atoms with Crippen LogP contribution < -0.4 is 16.4 Å². The fourth-order valence-electron chi connectivity index (χ4n) is 5.12. The summed E-state index contributed by atoms with van der Waals surface area (Å²) in [6, 6.07) is 14.6. The predicted molar refractivity (Wildman–Crippen MR) is 134 cm³/mol. The second-order valence-corrected chi connectivity index (χ2v) is 9.80. The van der Waals surface area contributed by atoms with E-state index >= 15 is 0 Å². The Morgan fingerprint density at radius 3 is 0.762 bits per heavy atom. The van der Waals surface area contributed by atoms with Crippen LogP contribution in [-0.2, 0) is 31.0 Å². The van der Waals surface area contributed by atoms with Crippen LogP contribution in [-0.4, -0.2) is 6.15 Å². The van der Waals surface area contributed by atoms with Gasteiger partial charge in [-0.05, 0) is 12.1 Å². The predicted octanol–water partition coefficient (Wildman–Crippen LogP) is 8.01. The third-order valence-corrected chi connectivity index (χ3v) is 7.24. The fourth-order valence-corrected chi connectivity index (χ4v) is 5.12. The molecule has 0 saturated carbocycles. The average Bonchev–Trinajstić information content (AvgIpc) is 2.90. The zero-order valence-corrected chi connectivity index (χ0v) is 21.1. The van der Waals surface area contributed by atoms with Gasteiger partial charge in [-0.1, -0.05) is 90.5 Å². The SMILES string of the molecule is FC(F)(F)c1ccc(C[B-](c2ccc(C(F)(F)F)cc2)(c2ccc(C(F)(F)F)cc2)c2ccc(C(F)(F)F)cc2)cc1. The highest BCUT2D eigenvalue weighted by atomic mass is 19.4. The van der Waals surface area contributed by atoms with E-state index in [0.29, 0.717) is 0 Å². The molecular formula is C29H18BF12-. The molecule has 42 heavy (non-hydrogen) atoms. The minimum atomic E-state index is -4.75. The Balaban J connectivity index is 2.00. The number of rotatable bonds is 5. The Morgan fingerprint density at radius 2 is 0.548 bits per heavy atom. The van der Waals surface area contributed by atoms with Gasteiger partial charge in [-0.25, -0.2) is 0 Å². The number of benzene rings is 4. The van der Waals surface area contributed by atoms with Gasteiger partial charge in [0, 0.05) is 0 Å². The lowest BCUT2D eigenvalue weighted by molar-refractivity contribution is -0.138. The third-order valence-electron chi connectivity index (χ3n) is 7.24. The smallest absolute Gasteiger partial charge is 0.200 e. The first-order chi connectivity index (χ1) is 19.3. The lowest BCUT2D eigenvalue weighted by atomic mass is 9.14. The Kier molecular flexibility index (Phi) is 7.94. The maximum Gasteiger partial charge on any atom is 0.416 e. The van der Waals surface area contributed by atoms with Crippen molar-refractivity contribution < 1.29 is 52.7 Å². The van der Waals surface area contributed by atoms with Crippen molar-refractivity contribution in [1.82, 2.24) is 0 Å². The summed E-state index contributed by atoms with van der Waals surface area (Å²) in [7, 11) is 0. The van der Waals surface area contributed by atoms with E-state index in [1.165, 1.54) is 0 Å². The van der Waals surface area contributed by atoms with Crippen molar-refractivity contribution in [2.75, 3.05) is 0 Å². The van der Waals surface area contributed by atoms with Crippen LogP contribution in [0.3, 0.4) is 0 Å². The van der Waals surface area contributed by atoms with Crippen LogP contribution >= 0.6 is 0 Å². The molecule has 0 heterocycles. The molecule has 4 aromatic carbocycles. The average molecular weight is 605 g/mol. The molecule has 0 bridgehead atoms. The van der Waals surface area contributed by atoms with Gasteiger partial charge in [-0.15, -0.1) is 6.32 Å². The van der Waals surface area contributed by atoms with Crippen LogP contribution in [0.5, 0.6) is 0 Å². The van der Waals surface area contributed by atoms with Crippen LogP contribution in [0.4, 0.5) is 52.7 Å². The first kappa shape index (κ1) is 31.0. The zero-order valence-electron chi connectivity index (χ0n) is 21.1. The minimum Gasteiger partial charge on any atom is -0.200 e. The summed E-state index contributed by atoms with van der Waals surface area (Å²) in [5.41, 5.74) is -3.60. The van der Waals surface area contributed by atoms with Crippen molar-refractivity contribution in [3.8, 4) is 0 Å². The summed E-state index contributed by atoms with van der Waals surface area (Å²) in [6.07, 6.45) is -21.9. The van der Waals surface area contributed by atoms with E-state index in [4.69, 9.17) is 0 Å². The van der Waals surface area contributed by atoms with Gasteiger partial charge in [0.25, 0.3) is 0 Å². The summed E-state index contributed by atoms with van der Waals surface area (Å²) < 4.78 is 160. The van der Waals surface area contributed by atoms with Crippen molar-refractivity contribution in [1.29, 1.82) is 0 Å². The number of alkyl halides is 12. The monoisotopic (exact) mass is 605 g/mol. The maximum absolute atomic E-state index is 13.4. The molecule has 0 radical (unpaired) electrons. The van der Waals surface area contributed by atoms with Crippen LogP contribution in [0.15, 0.2) is 97.1 Å². The molecule has 0 fully saturated rings. The van der Waals surface area contributed by atoms with E-state index in [2.05, 4.69) is 0 Å². The summed E-state index contributed by atoms with van der Waals surface area (Å²) in [6.45, 7) is 0. The van der Waals surface area contributed by atoms with Crippen LogP contribution in [0.1, 0.15) is 27.8 Å². The molecule has 0 unspecified atom stereocenters. The van der Waals surface area contributed by atoms with Crippen molar-refractivity contribution >= 4 is 22.5 Å². The Morgan fingerprint density at radius 1 is 0.333 bits per heavy atom. The first-order valence-corrected chi connectivity index (χ1v) is 12.2. The first-order valence-electron chi connectivity index (χ1n) is 12.2. The molecule has 222 valence electrons. The van der Waals surface area contributed by atoms with Gasteiger partial charge in [0.05, 0.1) is 28.4 Å². The van der Waals surface area contributed by atoms with Crippen LogP contribution in [0.2, 0.25) is 0 Å². The molecule has 0 amide bonds. The third kappa shape index (κ3) is 6.44. The Bertz CT molecular complexity index is 1350. The van der Waals surface area contributed by atoms with Crippen molar-refractivity contribution in [2.24, 2.45) is 0 Å².